The molecule has 0 radical (unpaired) electrons. The van der Waals surface area contributed by atoms with E-state index in [9.17, 15) is 4.79 Å². The molecule has 1 rings (SSSR count). The van der Waals surface area contributed by atoms with Crippen molar-refractivity contribution in [2.75, 3.05) is 33.5 Å². The fraction of sp³-hybridized carbons (Fsp3) is 0.417. The first-order chi connectivity index (χ1) is 8.69. The van der Waals surface area contributed by atoms with Crippen molar-refractivity contribution in [1.29, 1.82) is 0 Å². The summed E-state index contributed by atoms with van der Waals surface area (Å²) in [6.45, 7) is 2.03. The second-order valence-electron chi connectivity index (χ2n) is 3.39. The third kappa shape index (κ3) is 5.06. The van der Waals surface area contributed by atoms with E-state index >= 15 is 0 Å². The van der Waals surface area contributed by atoms with Crippen LogP contribution in [0, 0.1) is 0 Å². The predicted octanol–water partition coefficient (Wildman–Crippen LogP) is 3.07. The number of aldehydes is 1. The van der Waals surface area contributed by atoms with Crippen LogP contribution in [0.3, 0.4) is 0 Å². The molecule has 0 saturated carbocycles. The molecule has 1 aromatic carbocycles. The maximum atomic E-state index is 10.7. The largest absolute Gasteiger partial charge is 0.489 e. The van der Waals surface area contributed by atoms with E-state index < -0.39 is 0 Å². The van der Waals surface area contributed by atoms with Crippen molar-refractivity contribution in [3.63, 3.8) is 0 Å². The lowest BCUT2D eigenvalue weighted by Gasteiger charge is -2.11. The van der Waals surface area contributed by atoms with Crippen LogP contribution < -0.4 is 4.74 Å². The van der Waals surface area contributed by atoms with Crippen molar-refractivity contribution in [2.24, 2.45) is 0 Å². The van der Waals surface area contributed by atoms with E-state index in [4.69, 9.17) is 14.2 Å². The zero-order valence-corrected chi connectivity index (χ0v) is 13.1. The Morgan fingerprint density at radius 3 is 2.28 bits per heavy atom. The van der Waals surface area contributed by atoms with Gasteiger partial charge in [-0.25, -0.2) is 0 Å². The number of carbonyl (C=O) groups is 1. The van der Waals surface area contributed by atoms with Crippen LogP contribution >= 0.6 is 31.9 Å². The smallest absolute Gasteiger partial charge is 0.150 e. The molecule has 18 heavy (non-hydrogen) atoms. The van der Waals surface area contributed by atoms with E-state index in [1.165, 1.54) is 0 Å². The molecule has 0 aliphatic rings. The SMILES string of the molecule is COCCOCCOc1c(Br)cc(C=O)cc1Br. The summed E-state index contributed by atoms with van der Waals surface area (Å²) in [5.41, 5.74) is 0.581. The molecule has 0 saturated heterocycles. The normalized spacial score (nSPS) is 10.4. The van der Waals surface area contributed by atoms with Crippen molar-refractivity contribution < 1.29 is 19.0 Å². The number of hydrogen-bond donors (Lipinski definition) is 0. The van der Waals surface area contributed by atoms with Gasteiger partial charge >= 0.3 is 0 Å². The first-order valence-electron chi connectivity index (χ1n) is 5.32. The van der Waals surface area contributed by atoms with Gasteiger partial charge < -0.3 is 14.2 Å². The minimum Gasteiger partial charge on any atom is -0.489 e. The highest BCUT2D eigenvalue weighted by Gasteiger charge is 2.08. The average Bonchev–Trinajstić information content (AvgIpc) is 2.35. The summed E-state index contributed by atoms with van der Waals surface area (Å²) in [4.78, 5) is 10.7. The average molecular weight is 382 g/mol. The van der Waals surface area contributed by atoms with Gasteiger partial charge in [-0.2, -0.15) is 0 Å². The van der Waals surface area contributed by atoms with Crippen molar-refractivity contribution in [3.05, 3.63) is 26.6 Å². The van der Waals surface area contributed by atoms with Crippen LogP contribution in [0.1, 0.15) is 10.4 Å². The fourth-order valence-electron chi connectivity index (χ4n) is 1.23. The van der Waals surface area contributed by atoms with Crippen LogP contribution in [0.25, 0.3) is 0 Å². The number of ether oxygens (including phenoxy) is 3. The molecule has 1 aromatic rings. The summed E-state index contributed by atoms with van der Waals surface area (Å²) in [7, 11) is 1.63. The van der Waals surface area contributed by atoms with E-state index in [0.29, 0.717) is 37.7 Å². The quantitative estimate of drug-likeness (QED) is 0.512. The third-order valence-electron chi connectivity index (χ3n) is 2.06. The lowest BCUT2D eigenvalue weighted by Crippen LogP contribution is -2.10. The third-order valence-corrected chi connectivity index (χ3v) is 3.24. The summed E-state index contributed by atoms with van der Waals surface area (Å²) >= 11 is 6.72. The van der Waals surface area contributed by atoms with Crippen molar-refractivity contribution >= 4 is 38.1 Å². The summed E-state index contributed by atoms with van der Waals surface area (Å²) in [5, 5.41) is 0. The van der Waals surface area contributed by atoms with Gasteiger partial charge in [0.15, 0.2) is 0 Å². The van der Waals surface area contributed by atoms with Crippen LogP contribution in [0.4, 0.5) is 0 Å². The molecule has 0 aromatic heterocycles. The van der Waals surface area contributed by atoms with E-state index in [-0.39, 0.29) is 0 Å². The zero-order chi connectivity index (χ0) is 13.4. The van der Waals surface area contributed by atoms with E-state index in [1.807, 2.05) is 0 Å². The minimum atomic E-state index is 0.432. The van der Waals surface area contributed by atoms with Crippen LogP contribution in [0.2, 0.25) is 0 Å². The Hall–Kier alpha value is -0.430. The summed E-state index contributed by atoms with van der Waals surface area (Å²) in [5.74, 6) is 0.663. The summed E-state index contributed by atoms with van der Waals surface area (Å²) in [6.07, 6.45) is 0.785. The van der Waals surface area contributed by atoms with E-state index in [1.54, 1.807) is 19.2 Å². The molecule has 0 heterocycles. The molecule has 0 fully saturated rings. The number of benzene rings is 1. The Morgan fingerprint density at radius 1 is 1.11 bits per heavy atom. The second-order valence-corrected chi connectivity index (χ2v) is 5.09. The highest BCUT2D eigenvalue weighted by Crippen LogP contribution is 2.34. The van der Waals surface area contributed by atoms with Crippen LogP contribution in [0.5, 0.6) is 5.75 Å². The summed E-state index contributed by atoms with van der Waals surface area (Å²) in [6, 6.07) is 3.41. The molecule has 0 bridgehead atoms. The van der Waals surface area contributed by atoms with Crippen molar-refractivity contribution in [1.82, 2.24) is 0 Å². The van der Waals surface area contributed by atoms with Gasteiger partial charge in [-0.05, 0) is 44.0 Å². The molecule has 0 aliphatic heterocycles. The molecule has 0 unspecified atom stereocenters. The maximum Gasteiger partial charge on any atom is 0.150 e. The molecule has 0 amide bonds. The first kappa shape index (κ1) is 15.6. The lowest BCUT2D eigenvalue weighted by atomic mass is 10.2. The molecule has 4 nitrogen and oxygen atoms in total. The molecule has 0 spiro atoms. The highest BCUT2D eigenvalue weighted by atomic mass is 79.9. The Kier molecular flexibility index (Phi) is 7.50. The standard InChI is InChI=1S/C12H14Br2O4/c1-16-2-3-17-4-5-18-12-10(13)6-9(8-15)7-11(12)14/h6-8H,2-5H2,1H3. The molecule has 0 atom stereocenters. The van der Waals surface area contributed by atoms with Crippen LogP contribution in [-0.2, 0) is 9.47 Å². The van der Waals surface area contributed by atoms with Gasteiger partial charge in [-0.3, -0.25) is 4.79 Å². The Balaban J connectivity index is 2.45. The van der Waals surface area contributed by atoms with Gasteiger partial charge in [0.25, 0.3) is 0 Å². The second kappa shape index (κ2) is 8.63. The summed E-state index contributed by atoms with van der Waals surface area (Å²) < 4.78 is 17.2. The topological polar surface area (TPSA) is 44.8 Å². The fourth-order valence-corrected chi connectivity index (χ4v) is 2.68. The van der Waals surface area contributed by atoms with Crippen LogP contribution in [-0.4, -0.2) is 39.8 Å². The van der Waals surface area contributed by atoms with Gasteiger partial charge in [0.2, 0.25) is 0 Å². The number of hydrogen-bond acceptors (Lipinski definition) is 4. The molecule has 0 aliphatic carbocycles. The predicted molar refractivity (Wildman–Crippen MR) is 75.4 cm³/mol. The van der Waals surface area contributed by atoms with Gasteiger partial charge in [0.1, 0.15) is 18.6 Å². The minimum absolute atomic E-state index is 0.432. The number of rotatable bonds is 8. The van der Waals surface area contributed by atoms with Crippen molar-refractivity contribution in [3.8, 4) is 5.75 Å². The van der Waals surface area contributed by atoms with E-state index in [0.717, 1.165) is 15.2 Å². The van der Waals surface area contributed by atoms with E-state index in [2.05, 4.69) is 31.9 Å². The molecule has 6 heteroatoms. The Morgan fingerprint density at radius 2 is 1.72 bits per heavy atom. The molecule has 100 valence electrons. The highest BCUT2D eigenvalue weighted by molar-refractivity contribution is 9.11. The number of methoxy groups -OCH3 is 1. The Bertz CT molecular complexity index is 373. The number of carbonyl (C=O) groups excluding carboxylic acids is 1. The van der Waals surface area contributed by atoms with Gasteiger partial charge in [0.05, 0.1) is 28.8 Å². The van der Waals surface area contributed by atoms with Crippen LogP contribution in [0.15, 0.2) is 21.1 Å². The Labute approximate surface area is 123 Å². The monoisotopic (exact) mass is 380 g/mol. The van der Waals surface area contributed by atoms with Crippen molar-refractivity contribution in [2.45, 2.75) is 0 Å². The van der Waals surface area contributed by atoms with Gasteiger partial charge in [-0.15, -0.1) is 0 Å². The van der Waals surface area contributed by atoms with Gasteiger partial charge in [0, 0.05) is 12.7 Å². The molecular weight excluding hydrogens is 368 g/mol. The number of halogens is 2. The van der Waals surface area contributed by atoms with Gasteiger partial charge in [-0.1, -0.05) is 0 Å². The lowest BCUT2D eigenvalue weighted by molar-refractivity contribution is 0.0542. The molecular formula is C12H14Br2O4. The maximum absolute atomic E-state index is 10.7. The first-order valence-corrected chi connectivity index (χ1v) is 6.91. The zero-order valence-electron chi connectivity index (χ0n) is 9.95. The molecule has 0 N–H and O–H groups in total.